The normalized spacial score (nSPS) is 11.2. The van der Waals surface area contributed by atoms with Crippen LogP contribution in [0.25, 0.3) is 17.0 Å². The molecule has 0 aliphatic rings. The first-order valence-electron chi connectivity index (χ1n) is 12.0. The van der Waals surface area contributed by atoms with Crippen molar-refractivity contribution in [3.63, 3.8) is 0 Å². The van der Waals surface area contributed by atoms with Crippen molar-refractivity contribution in [3.05, 3.63) is 72.2 Å². The smallest absolute Gasteiger partial charge is 0.310 e. The van der Waals surface area contributed by atoms with Crippen LogP contribution in [0.3, 0.4) is 0 Å². The molecule has 0 aliphatic heterocycles. The Hall–Kier alpha value is -3.58. The number of aromatic nitrogens is 2. The molecule has 0 fully saturated rings. The van der Waals surface area contributed by atoms with Gasteiger partial charge in [-0.05, 0) is 48.3 Å². The largest absolute Gasteiger partial charge is 0.463 e. The highest BCUT2D eigenvalue weighted by Gasteiger charge is 2.16. The van der Waals surface area contributed by atoms with Crippen LogP contribution < -0.4 is 0 Å². The van der Waals surface area contributed by atoms with E-state index in [1.165, 1.54) is 0 Å². The summed E-state index contributed by atoms with van der Waals surface area (Å²) in [6.07, 6.45) is 12.9. The summed E-state index contributed by atoms with van der Waals surface area (Å²) >= 11 is 0. The second kappa shape index (κ2) is 14.0. The SMILES string of the molecule is COCCOC(=O)Cc1cn(C(=O)CCCCCCC(=O)/C=C/c2cccnc2)c2ccccc12. The second-order valence-corrected chi connectivity index (χ2v) is 8.33. The molecule has 3 aromatic rings. The van der Waals surface area contributed by atoms with E-state index in [0.29, 0.717) is 19.4 Å². The summed E-state index contributed by atoms with van der Waals surface area (Å²) in [7, 11) is 1.55. The number of para-hydroxylation sites is 1. The highest BCUT2D eigenvalue weighted by atomic mass is 16.6. The van der Waals surface area contributed by atoms with Crippen molar-refractivity contribution in [2.45, 2.75) is 44.9 Å². The van der Waals surface area contributed by atoms with E-state index in [1.807, 2.05) is 36.4 Å². The van der Waals surface area contributed by atoms with Gasteiger partial charge in [-0.2, -0.15) is 0 Å². The van der Waals surface area contributed by atoms with Crippen molar-refractivity contribution in [2.24, 2.45) is 0 Å². The summed E-state index contributed by atoms with van der Waals surface area (Å²) < 4.78 is 11.7. The molecule has 0 aliphatic carbocycles. The Balaban J connectivity index is 1.44. The Morgan fingerprint density at radius 1 is 0.971 bits per heavy atom. The molecular formula is C28H32N2O5. The van der Waals surface area contributed by atoms with Crippen molar-refractivity contribution in [1.82, 2.24) is 9.55 Å². The maximum Gasteiger partial charge on any atom is 0.310 e. The van der Waals surface area contributed by atoms with Crippen LogP contribution in [-0.2, 0) is 25.5 Å². The maximum absolute atomic E-state index is 12.9. The fraction of sp³-hybridized carbons (Fsp3) is 0.357. The quantitative estimate of drug-likeness (QED) is 0.184. The van der Waals surface area contributed by atoms with Gasteiger partial charge in [0.1, 0.15) is 6.61 Å². The molecule has 7 nitrogen and oxygen atoms in total. The number of carbonyl (C=O) groups is 3. The monoisotopic (exact) mass is 476 g/mol. The second-order valence-electron chi connectivity index (χ2n) is 8.33. The summed E-state index contributed by atoms with van der Waals surface area (Å²) in [5.74, 6) is -0.255. The zero-order valence-electron chi connectivity index (χ0n) is 20.2. The lowest BCUT2D eigenvalue weighted by Gasteiger charge is -2.04. The molecule has 2 aromatic heterocycles. The van der Waals surface area contributed by atoms with Gasteiger partial charge in [0.25, 0.3) is 0 Å². The van der Waals surface area contributed by atoms with E-state index in [1.54, 1.807) is 42.4 Å². The third-order valence-corrected chi connectivity index (χ3v) is 5.66. The average Bonchev–Trinajstić information content (AvgIpc) is 3.24. The van der Waals surface area contributed by atoms with Crippen LogP contribution in [0.1, 0.15) is 54.4 Å². The number of hydrogen-bond acceptors (Lipinski definition) is 6. The maximum atomic E-state index is 12.9. The number of ketones is 1. The number of rotatable bonds is 14. The third kappa shape index (κ3) is 8.30. The zero-order chi connectivity index (χ0) is 24.9. The number of pyridine rings is 1. The van der Waals surface area contributed by atoms with Gasteiger partial charge in [0.15, 0.2) is 5.78 Å². The lowest BCUT2D eigenvalue weighted by Crippen LogP contribution is -2.12. The number of benzene rings is 1. The van der Waals surface area contributed by atoms with E-state index in [4.69, 9.17) is 9.47 Å². The van der Waals surface area contributed by atoms with Crippen LogP contribution in [-0.4, -0.2) is 47.5 Å². The number of methoxy groups -OCH3 is 1. The molecule has 0 unspecified atom stereocenters. The molecule has 35 heavy (non-hydrogen) atoms. The lowest BCUT2D eigenvalue weighted by molar-refractivity contribution is -0.144. The fourth-order valence-electron chi connectivity index (χ4n) is 3.84. The predicted molar refractivity (Wildman–Crippen MR) is 135 cm³/mol. The molecule has 0 N–H and O–H groups in total. The number of carbonyl (C=O) groups excluding carboxylic acids is 3. The van der Waals surface area contributed by atoms with E-state index in [9.17, 15) is 14.4 Å². The van der Waals surface area contributed by atoms with Gasteiger partial charge in [-0.1, -0.05) is 37.1 Å². The van der Waals surface area contributed by atoms with Crippen LogP contribution in [0.2, 0.25) is 0 Å². The summed E-state index contributed by atoms with van der Waals surface area (Å²) in [6.45, 7) is 0.557. The Kier molecular flexibility index (Phi) is 10.4. The molecule has 0 radical (unpaired) electrons. The van der Waals surface area contributed by atoms with Gasteiger partial charge >= 0.3 is 5.97 Å². The highest BCUT2D eigenvalue weighted by Crippen LogP contribution is 2.23. The summed E-state index contributed by atoms with van der Waals surface area (Å²) in [5.41, 5.74) is 2.47. The summed E-state index contributed by atoms with van der Waals surface area (Å²) in [5, 5.41) is 0.877. The number of nitrogens with zero attached hydrogens (tertiary/aromatic N) is 2. The third-order valence-electron chi connectivity index (χ3n) is 5.66. The van der Waals surface area contributed by atoms with Crippen LogP contribution in [0.5, 0.6) is 0 Å². The van der Waals surface area contributed by atoms with Crippen molar-refractivity contribution in [3.8, 4) is 0 Å². The first kappa shape index (κ1) is 26.0. The van der Waals surface area contributed by atoms with Crippen LogP contribution in [0.4, 0.5) is 0 Å². The van der Waals surface area contributed by atoms with Gasteiger partial charge in [-0.3, -0.25) is 23.9 Å². The Morgan fingerprint density at radius 2 is 1.77 bits per heavy atom. The molecule has 1 aromatic carbocycles. The van der Waals surface area contributed by atoms with E-state index in [2.05, 4.69) is 4.98 Å². The Bertz CT molecular complexity index is 1150. The molecule has 0 atom stereocenters. The van der Waals surface area contributed by atoms with Gasteiger partial charge in [0, 0.05) is 43.9 Å². The van der Waals surface area contributed by atoms with Gasteiger partial charge in [0.2, 0.25) is 5.91 Å². The zero-order valence-corrected chi connectivity index (χ0v) is 20.2. The van der Waals surface area contributed by atoms with Crippen LogP contribution in [0.15, 0.2) is 61.1 Å². The topological polar surface area (TPSA) is 87.5 Å². The molecule has 2 heterocycles. The molecule has 0 saturated carbocycles. The number of hydrogen-bond donors (Lipinski definition) is 0. The number of esters is 1. The van der Waals surface area contributed by atoms with Crippen molar-refractivity contribution in [1.29, 1.82) is 0 Å². The van der Waals surface area contributed by atoms with Gasteiger partial charge in [-0.15, -0.1) is 0 Å². The minimum absolute atomic E-state index is 0.00400. The molecular weight excluding hydrogens is 444 g/mol. The van der Waals surface area contributed by atoms with Crippen molar-refractivity contribution < 1.29 is 23.9 Å². The first-order chi connectivity index (χ1) is 17.1. The lowest BCUT2D eigenvalue weighted by atomic mass is 10.1. The van der Waals surface area contributed by atoms with E-state index >= 15 is 0 Å². The van der Waals surface area contributed by atoms with Crippen molar-refractivity contribution in [2.75, 3.05) is 20.3 Å². The van der Waals surface area contributed by atoms with Crippen LogP contribution >= 0.6 is 0 Å². The average molecular weight is 477 g/mol. The van der Waals surface area contributed by atoms with E-state index < -0.39 is 0 Å². The molecule has 3 rings (SSSR count). The predicted octanol–water partition coefficient (Wildman–Crippen LogP) is 5.03. The first-order valence-corrected chi connectivity index (χ1v) is 12.0. The standard InChI is InChI=1S/C28H32N2O5/c1-34-17-18-35-28(33)19-23-21-30(26-12-7-6-11-25(23)26)27(32)13-5-3-2-4-10-24(31)15-14-22-9-8-16-29-20-22/h6-9,11-12,14-16,20-21H,2-5,10,13,17-19H2,1H3/b15-14+. The molecule has 7 heteroatoms. The number of allylic oxidation sites excluding steroid dienone is 1. The Labute approximate surface area is 205 Å². The summed E-state index contributed by atoms with van der Waals surface area (Å²) in [4.78, 5) is 41.1. The molecule has 0 spiro atoms. The number of ether oxygens (including phenoxy) is 2. The number of fused-ring (bicyclic) bond motifs is 1. The fourth-order valence-corrected chi connectivity index (χ4v) is 3.84. The molecule has 0 amide bonds. The van der Waals surface area contributed by atoms with E-state index in [0.717, 1.165) is 47.7 Å². The molecule has 0 bridgehead atoms. The minimum Gasteiger partial charge on any atom is -0.463 e. The molecule has 184 valence electrons. The van der Waals surface area contributed by atoms with Gasteiger partial charge in [-0.25, -0.2) is 0 Å². The highest BCUT2D eigenvalue weighted by molar-refractivity contribution is 5.96. The summed E-state index contributed by atoms with van der Waals surface area (Å²) in [6, 6.07) is 11.3. The minimum atomic E-state index is -0.345. The van der Waals surface area contributed by atoms with Crippen molar-refractivity contribution >= 4 is 34.6 Å². The molecule has 0 saturated heterocycles. The number of unbranched alkanes of at least 4 members (excludes halogenated alkanes) is 3. The Morgan fingerprint density at radius 3 is 2.54 bits per heavy atom. The van der Waals surface area contributed by atoms with Crippen LogP contribution in [0, 0.1) is 0 Å². The van der Waals surface area contributed by atoms with E-state index in [-0.39, 0.29) is 30.7 Å². The van der Waals surface area contributed by atoms with Gasteiger partial charge in [0.05, 0.1) is 18.5 Å². The van der Waals surface area contributed by atoms with Gasteiger partial charge < -0.3 is 9.47 Å².